The summed E-state index contributed by atoms with van der Waals surface area (Å²) in [6.45, 7) is 0. The van der Waals surface area contributed by atoms with Gasteiger partial charge in [0.25, 0.3) is 0 Å². The molecule has 7 nitrogen and oxygen atoms in total. The molecule has 0 amide bonds. The molecular formula is C17H14N6O. The molecule has 0 fully saturated rings. The van der Waals surface area contributed by atoms with E-state index in [1.165, 1.54) is 0 Å². The van der Waals surface area contributed by atoms with Gasteiger partial charge in [-0.15, -0.1) is 0 Å². The fourth-order valence-electron chi connectivity index (χ4n) is 2.44. The molecule has 4 rings (SSSR count). The van der Waals surface area contributed by atoms with Crippen molar-refractivity contribution in [2.45, 2.75) is 0 Å². The number of nitrogens with zero attached hydrogens (tertiary/aromatic N) is 5. The largest absolute Gasteiger partial charge is 0.493 e. The van der Waals surface area contributed by atoms with Crippen molar-refractivity contribution < 1.29 is 5.11 Å². The van der Waals surface area contributed by atoms with Crippen LogP contribution < -0.4 is 15.9 Å². The van der Waals surface area contributed by atoms with Gasteiger partial charge in [-0.25, -0.2) is 9.97 Å². The molecule has 3 heterocycles. The van der Waals surface area contributed by atoms with Crippen LogP contribution >= 0.6 is 0 Å². The summed E-state index contributed by atoms with van der Waals surface area (Å²) in [7, 11) is 1.74. The van der Waals surface area contributed by atoms with E-state index in [9.17, 15) is 5.11 Å². The first kappa shape index (κ1) is 14.1. The van der Waals surface area contributed by atoms with Gasteiger partial charge in [-0.1, -0.05) is 12.1 Å². The van der Waals surface area contributed by atoms with Crippen molar-refractivity contribution in [3.8, 4) is 5.88 Å². The first-order valence-corrected chi connectivity index (χ1v) is 7.37. The van der Waals surface area contributed by atoms with E-state index in [-0.39, 0.29) is 5.88 Å². The second-order valence-corrected chi connectivity index (χ2v) is 5.35. The predicted molar refractivity (Wildman–Crippen MR) is 90.8 cm³/mol. The zero-order valence-corrected chi connectivity index (χ0v) is 12.9. The monoisotopic (exact) mass is 318 g/mol. The molecule has 1 aliphatic heterocycles. The van der Waals surface area contributed by atoms with Crippen molar-refractivity contribution in [3.63, 3.8) is 0 Å². The molecule has 3 aromatic rings. The third-order valence-corrected chi connectivity index (χ3v) is 3.71. The van der Waals surface area contributed by atoms with Gasteiger partial charge in [0.05, 0.1) is 11.6 Å². The van der Waals surface area contributed by atoms with Gasteiger partial charge in [0.15, 0.2) is 0 Å². The molecule has 0 atom stereocenters. The minimum absolute atomic E-state index is 0.0762. The van der Waals surface area contributed by atoms with Gasteiger partial charge in [-0.05, 0) is 35.6 Å². The molecule has 0 saturated carbocycles. The number of rotatable bonds is 3. The Hall–Kier alpha value is -3.48. The number of pyridine rings is 1. The van der Waals surface area contributed by atoms with Gasteiger partial charge in [0, 0.05) is 18.8 Å². The third kappa shape index (κ3) is 2.52. The lowest BCUT2D eigenvalue weighted by atomic mass is 10.2. The number of imidazole rings is 1. The molecule has 2 N–H and O–H groups in total. The lowest BCUT2D eigenvalue weighted by molar-refractivity contribution is 0.432. The summed E-state index contributed by atoms with van der Waals surface area (Å²) < 4.78 is 1.57. The average molecular weight is 318 g/mol. The van der Waals surface area contributed by atoms with Crippen LogP contribution in [0.3, 0.4) is 0 Å². The number of hydrogen-bond donors (Lipinski definition) is 2. The SMILES string of the molecule is Cn1c(Nc2ccccn2)nc(C=c2ccc3c(c2)C=NN=3)c1O. The standard InChI is InChI=1S/C17H14N6O/c1-23-16(24)14(20-17(23)21-15-4-2-3-7-18-15)9-11-5-6-13-12(8-11)10-19-22-13/h2-10,24H,1H3,(H,18,20,21). The Kier molecular flexibility index (Phi) is 3.31. The molecule has 0 unspecified atom stereocenters. The molecule has 24 heavy (non-hydrogen) atoms. The minimum Gasteiger partial charge on any atom is -0.493 e. The highest BCUT2D eigenvalue weighted by Crippen LogP contribution is 2.23. The molecule has 0 aliphatic carbocycles. The Morgan fingerprint density at radius 2 is 2.12 bits per heavy atom. The van der Waals surface area contributed by atoms with Crippen LogP contribution in [0.15, 0.2) is 52.8 Å². The van der Waals surface area contributed by atoms with Crippen molar-refractivity contribution in [3.05, 3.63) is 64.4 Å². The van der Waals surface area contributed by atoms with E-state index in [2.05, 4.69) is 25.5 Å². The predicted octanol–water partition coefficient (Wildman–Crippen LogP) is 1.06. The van der Waals surface area contributed by atoms with E-state index in [4.69, 9.17) is 0 Å². The van der Waals surface area contributed by atoms with Gasteiger partial charge in [0.2, 0.25) is 11.8 Å². The minimum atomic E-state index is 0.0762. The van der Waals surface area contributed by atoms with Crippen molar-refractivity contribution in [1.82, 2.24) is 14.5 Å². The molecule has 1 aliphatic rings. The molecule has 0 saturated heterocycles. The highest BCUT2D eigenvalue weighted by Gasteiger charge is 2.12. The highest BCUT2D eigenvalue weighted by atomic mass is 16.3. The Morgan fingerprint density at radius 3 is 2.96 bits per heavy atom. The summed E-state index contributed by atoms with van der Waals surface area (Å²) in [6, 6.07) is 11.3. The molecule has 2 aromatic heterocycles. The van der Waals surface area contributed by atoms with E-state index >= 15 is 0 Å². The second-order valence-electron chi connectivity index (χ2n) is 5.35. The first-order valence-electron chi connectivity index (χ1n) is 7.37. The van der Waals surface area contributed by atoms with E-state index < -0.39 is 0 Å². The van der Waals surface area contributed by atoms with E-state index in [1.54, 1.807) is 24.0 Å². The summed E-state index contributed by atoms with van der Waals surface area (Å²) in [5, 5.41) is 23.0. The first-order chi connectivity index (χ1) is 11.7. The van der Waals surface area contributed by atoms with Gasteiger partial charge in [-0.2, -0.15) is 10.2 Å². The zero-order chi connectivity index (χ0) is 16.5. The maximum absolute atomic E-state index is 10.3. The van der Waals surface area contributed by atoms with Gasteiger partial charge in [0.1, 0.15) is 11.5 Å². The Morgan fingerprint density at radius 1 is 1.21 bits per heavy atom. The summed E-state index contributed by atoms with van der Waals surface area (Å²) >= 11 is 0. The molecule has 0 spiro atoms. The van der Waals surface area contributed by atoms with Crippen LogP contribution in [-0.2, 0) is 7.05 Å². The van der Waals surface area contributed by atoms with Crippen LogP contribution in [0.2, 0.25) is 0 Å². The second kappa shape index (κ2) is 5.62. The van der Waals surface area contributed by atoms with Crippen molar-refractivity contribution in [2.24, 2.45) is 17.3 Å². The number of anilines is 2. The number of fused-ring (bicyclic) bond motifs is 1. The fraction of sp³-hybridized carbons (Fsp3) is 0.0588. The van der Waals surface area contributed by atoms with E-state index in [0.29, 0.717) is 17.5 Å². The average Bonchev–Trinajstić information content (AvgIpc) is 3.16. The topological polar surface area (TPSA) is 87.7 Å². The smallest absolute Gasteiger partial charge is 0.220 e. The quantitative estimate of drug-likeness (QED) is 0.756. The fourth-order valence-corrected chi connectivity index (χ4v) is 2.44. The van der Waals surface area contributed by atoms with E-state index in [1.807, 2.05) is 42.5 Å². The lowest BCUT2D eigenvalue weighted by Crippen LogP contribution is -2.11. The van der Waals surface area contributed by atoms with Gasteiger partial charge < -0.3 is 10.4 Å². The van der Waals surface area contributed by atoms with E-state index in [0.717, 1.165) is 16.1 Å². The Balaban J connectivity index is 1.72. The van der Waals surface area contributed by atoms with Crippen LogP contribution in [0.1, 0.15) is 11.3 Å². The summed E-state index contributed by atoms with van der Waals surface area (Å²) in [6.07, 6.45) is 5.21. The van der Waals surface area contributed by atoms with Crippen molar-refractivity contribution >= 4 is 24.1 Å². The molecule has 7 heteroatoms. The van der Waals surface area contributed by atoms with Crippen LogP contribution in [0.5, 0.6) is 5.88 Å². The molecular weight excluding hydrogens is 304 g/mol. The lowest BCUT2D eigenvalue weighted by Gasteiger charge is -2.04. The van der Waals surface area contributed by atoms with Gasteiger partial charge >= 0.3 is 0 Å². The number of aromatic hydroxyl groups is 1. The maximum atomic E-state index is 10.3. The van der Waals surface area contributed by atoms with Crippen LogP contribution in [0, 0.1) is 0 Å². The zero-order valence-electron chi connectivity index (χ0n) is 12.9. The Bertz CT molecular complexity index is 1050. The van der Waals surface area contributed by atoms with Crippen LogP contribution in [0.25, 0.3) is 6.08 Å². The summed E-state index contributed by atoms with van der Waals surface area (Å²) in [5.41, 5.74) is 1.42. The summed E-state index contributed by atoms with van der Waals surface area (Å²) in [4.78, 5) is 8.64. The Labute approximate surface area is 137 Å². The van der Waals surface area contributed by atoms with Crippen molar-refractivity contribution in [1.29, 1.82) is 0 Å². The van der Waals surface area contributed by atoms with Crippen LogP contribution in [-0.4, -0.2) is 25.9 Å². The number of benzene rings is 1. The molecule has 1 aromatic carbocycles. The van der Waals surface area contributed by atoms with Crippen molar-refractivity contribution in [2.75, 3.05) is 5.32 Å². The normalized spacial score (nSPS) is 13.0. The summed E-state index contributed by atoms with van der Waals surface area (Å²) in [5.74, 6) is 1.25. The number of aromatic nitrogens is 3. The molecule has 0 bridgehead atoms. The molecule has 0 radical (unpaired) electrons. The van der Waals surface area contributed by atoms with Crippen LogP contribution in [0.4, 0.5) is 11.8 Å². The third-order valence-electron chi connectivity index (χ3n) is 3.71. The van der Waals surface area contributed by atoms with Gasteiger partial charge in [-0.3, -0.25) is 4.57 Å². The number of nitrogens with one attached hydrogen (secondary N) is 1. The maximum Gasteiger partial charge on any atom is 0.220 e. The number of hydrogen-bond acceptors (Lipinski definition) is 6. The highest BCUT2D eigenvalue weighted by molar-refractivity contribution is 5.80. The molecule has 118 valence electrons.